The van der Waals surface area contributed by atoms with Gasteiger partial charge in [0.05, 0.1) is 6.10 Å². The molecule has 0 aliphatic heterocycles. The van der Waals surface area contributed by atoms with Crippen LogP contribution in [0.4, 0.5) is 11.6 Å². The van der Waals surface area contributed by atoms with Gasteiger partial charge in [-0.05, 0) is 5.56 Å². The van der Waals surface area contributed by atoms with Crippen molar-refractivity contribution < 1.29 is 5.11 Å². The summed E-state index contributed by atoms with van der Waals surface area (Å²) in [4.78, 5) is 8.70. The van der Waals surface area contributed by atoms with Crippen molar-refractivity contribution in [3.63, 3.8) is 0 Å². The maximum atomic E-state index is 10.1. The Balaban J connectivity index is 2.07. The van der Waals surface area contributed by atoms with E-state index < -0.39 is 6.10 Å². The zero-order valence-electron chi connectivity index (χ0n) is 12.2. The summed E-state index contributed by atoms with van der Waals surface area (Å²) in [6.45, 7) is 4.39. The molecule has 0 bridgehead atoms. The highest BCUT2D eigenvalue weighted by molar-refractivity contribution is 5.47. The minimum atomic E-state index is -0.599. The van der Waals surface area contributed by atoms with E-state index in [0.717, 1.165) is 5.56 Å². The molecule has 1 aromatic heterocycles. The molecule has 0 saturated heterocycles. The van der Waals surface area contributed by atoms with Gasteiger partial charge in [-0.25, -0.2) is 15.8 Å². The number of nitrogens with one attached hydrogen (secondary N) is 2. The normalized spacial score (nSPS) is 12.2. The zero-order valence-corrected chi connectivity index (χ0v) is 12.2. The lowest BCUT2D eigenvalue weighted by Crippen LogP contribution is -2.16. The monoisotopic (exact) mass is 287 g/mol. The summed E-state index contributed by atoms with van der Waals surface area (Å²) in [7, 11) is 0. The van der Waals surface area contributed by atoms with Crippen molar-refractivity contribution in [2.75, 3.05) is 17.3 Å². The van der Waals surface area contributed by atoms with Gasteiger partial charge in [0.2, 0.25) is 0 Å². The first-order valence-corrected chi connectivity index (χ1v) is 6.92. The van der Waals surface area contributed by atoms with Crippen molar-refractivity contribution in [1.82, 2.24) is 9.97 Å². The number of nitrogen functional groups attached to an aromatic ring is 1. The fourth-order valence-electron chi connectivity index (χ4n) is 1.88. The molecule has 1 heterocycles. The first-order valence-electron chi connectivity index (χ1n) is 6.92. The molecule has 21 heavy (non-hydrogen) atoms. The third-order valence-electron chi connectivity index (χ3n) is 3.07. The number of nitrogens with zero attached hydrogens (tertiary/aromatic N) is 2. The molecule has 2 rings (SSSR count). The van der Waals surface area contributed by atoms with Crippen LogP contribution in [0.15, 0.2) is 36.4 Å². The molecule has 0 aliphatic rings. The van der Waals surface area contributed by atoms with Gasteiger partial charge in [-0.1, -0.05) is 44.2 Å². The zero-order chi connectivity index (χ0) is 15.2. The minimum Gasteiger partial charge on any atom is -0.387 e. The second-order valence-electron chi connectivity index (χ2n) is 5.10. The predicted molar refractivity (Wildman–Crippen MR) is 83.8 cm³/mol. The summed E-state index contributed by atoms with van der Waals surface area (Å²) in [5.74, 6) is 7.49. The second kappa shape index (κ2) is 7.01. The van der Waals surface area contributed by atoms with Crippen molar-refractivity contribution in [3.05, 3.63) is 47.8 Å². The molecule has 112 valence electrons. The maximum Gasteiger partial charge on any atom is 0.145 e. The van der Waals surface area contributed by atoms with Crippen LogP contribution in [-0.2, 0) is 0 Å². The molecular weight excluding hydrogens is 266 g/mol. The third kappa shape index (κ3) is 4.14. The van der Waals surface area contributed by atoms with Crippen LogP contribution in [0, 0.1) is 0 Å². The van der Waals surface area contributed by atoms with E-state index in [1.807, 2.05) is 44.2 Å². The van der Waals surface area contributed by atoms with Crippen LogP contribution in [0.5, 0.6) is 0 Å². The molecule has 1 aromatic carbocycles. The quantitative estimate of drug-likeness (QED) is 0.479. The van der Waals surface area contributed by atoms with E-state index in [4.69, 9.17) is 5.84 Å². The molecule has 2 aromatic rings. The van der Waals surface area contributed by atoms with Crippen LogP contribution in [0.1, 0.15) is 37.3 Å². The van der Waals surface area contributed by atoms with E-state index in [1.165, 1.54) is 0 Å². The number of benzene rings is 1. The number of rotatable bonds is 6. The first kappa shape index (κ1) is 15.2. The van der Waals surface area contributed by atoms with Gasteiger partial charge in [0.15, 0.2) is 0 Å². The third-order valence-corrected chi connectivity index (χ3v) is 3.07. The second-order valence-corrected chi connectivity index (χ2v) is 5.10. The van der Waals surface area contributed by atoms with E-state index in [2.05, 4.69) is 20.7 Å². The van der Waals surface area contributed by atoms with Gasteiger partial charge in [0.1, 0.15) is 17.5 Å². The number of hydrogen-bond donors (Lipinski definition) is 4. The topological polar surface area (TPSA) is 96.1 Å². The number of aromatic nitrogens is 2. The Morgan fingerprint density at radius 2 is 1.81 bits per heavy atom. The van der Waals surface area contributed by atoms with E-state index >= 15 is 0 Å². The van der Waals surface area contributed by atoms with Gasteiger partial charge in [-0.2, -0.15) is 0 Å². The Morgan fingerprint density at radius 3 is 2.43 bits per heavy atom. The van der Waals surface area contributed by atoms with Crippen molar-refractivity contribution in [2.45, 2.75) is 25.9 Å². The summed E-state index contributed by atoms with van der Waals surface area (Å²) >= 11 is 0. The summed E-state index contributed by atoms with van der Waals surface area (Å²) in [5.41, 5.74) is 3.39. The molecule has 0 aliphatic carbocycles. The molecule has 0 amide bonds. The van der Waals surface area contributed by atoms with E-state index in [-0.39, 0.29) is 5.92 Å². The SMILES string of the molecule is CC(C)c1nc(NN)cc(NCC(O)c2ccccc2)n1. The molecule has 6 heteroatoms. The molecule has 1 atom stereocenters. The van der Waals surface area contributed by atoms with Crippen LogP contribution in [0.2, 0.25) is 0 Å². The van der Waals surface area contributed by atoms with Gasteiger partial charge < -0.3 is 15.8 Å². The highest BCUT2D eigenvalue weighted by Crippen LogP contribution is 2.18. The molecule has 0 fully saturated rings. The number of anilines is 2. The number of aliphatic hydroxyl groups excluding tert-OH is 1. The number of aliphatic hydroxyl groups is 1. The Hall–Kier alpha value is -2.18. The number of hydrogen-bond acceptors (Lipinski definition) is 6. The molecule has 0 saturated carbocycles. The summed E-state index contributed by atoms with van der Waals surface area (Å²) in [5, 5.41) is 13.3. The molecule has 0 radical (unpaired) electrons. The Kier molecular flexibility index (Phi) is 5.08. The van der Waals surface area contributed by atoms with Crippen LogP contribution in [0.3, 0.4) is 0 Å². The highest BCUT2D eigenvalue weighted by Gasteiger charge is 2.10. The van der Waals surface area contributed by atoms with Crippen LogP contribution in [-0.4, -0.2) is 21.6 Å². The molecule has 6 nitrogen and oxygen atoms in total. The van der Waals surface area contributed by atoms with Gasteiger partial charge in [-0.3, -0.25) is 0 Å². The number of nitrogens with two attached hydrogens (primary N) is 1. The minimum absolute atomic E-state index is 0.192. The predicted octanol–water partition coefficient (Wildman–Crippen LogP) is 2.03. The Bertz CT molecular complexity index is 574. The molecule has 5 N–H and O–H groups in total. The fourth-order valence-corrected chi connectivity index (χ4v) is 1.88. The van der Waals surface area contributed by atoms with Crippen LogP contribution < -0.4 is 16.6 Å². The summed E-state index contributed by atoms with van der Waals surface area (Å²) < 4.78 is 0. The Labute approximate surface area is 124 Å². The highest BCUT2D eigenvalue weighted by atomic mass is 16.3. The van der Waals surface area contributed by atoms with E-state index in [1.54, 1.807) is 6.07 Å². The maximum absolute atomic E-state index is 10.1. The van der Waals surface area contributed by atoms with Crippen molar-refractivity contribution in [1.29, 1.82) is 0 Å². The lowest BCUT2D eigenvalue weighted by atomic mass is 10.1. The summed E-state index contributed by atoms with van der Waals surface area (Å²) in [6, 6.07) is 11.2. The smallest absolute Gasteiger partial charge is 0.145 e. The largest absolute Gasteiger partial charge is 0.387 e. The van der Waals surface area contributed by atoms with E-state index in [9.17, 15) is 5.11 Å². The molecule has 0 spiro atoms. The summed E-state index contributed by atoms with van der Waals surface area (Å²) in [6.07, 6.45) is -0.599. The van der Waals surface area contributed by atoms with Crippen LogP contribution in [0.25, 0.3) is 0 Å². The van der Waals surface area contributed by atoms with Gasteiger partial charge in [-0.15, -0.1) is 0 Å². The van der Waals surface area contributed by atoms with Gasteiger partial charge >= 0.3 is 0 Å². The van der Waals surface area contributed by atoms with Crippen molar-refractivity contribution in [3.8, 4) is 0 Å². The first-order chi connectivity index (χ1) is 10.1. The van der Waals surface area contributed by atoms with Crippen LogP contribution >= 0.6 is 0 Å². The van der Waals surface area contributed by atoms with E-state index in [0.29, 0.717) is 24.0 Å². The molecule has 1 unspecified atom stereocenters. The average molecular weight is 287 g/mol. The van der Waals surface area contributed by atoms with Gasteiger partial charge in [0.25, 0.3) is 0 Å². The molecular formula is C15H21N5O. The average Bonchev–Trinajstić information content (AvgIpc) is 2.53. The van der Waals surface area contributed by atoms with Crippen molar-refractivity contribution >= 4 is 11.6 Å². The standard InChI is InChI=1S/C15H21N5O/c1-10(2)15-18-13(8-14(19-15)20-16)17-9-12(21)11-6-4-3-5-7-11/h3-8,10,12,21H,9,16H2,1-2H3,(H2,17,18,19,20). The van der Waals surface area contributed by atoms with Gasteiger partial charge in [0, 0.05) is 18.5 Å². The lowest BCUT2D eigenvalue weighted by Gasteiger charge is -2.14. The number of hydrazine groups is 1. The fraction of sp³-hybridized carbons (Fsp3) is 0.333. The lowest BCUT2D eigenvalue weighted by molar-refractivity contribution is 0.191. The Morgan fingerprint density at radius 1 is 1.14 bits per heavy atom. The van der Waals surface area contributed by atoms with Crippen molar-refractivity contribution in [2.24, 2.45) is 5.84 Å².